The average molecular weight is 400 g/mol. The molecular formula is C21H22ClN3O3. The van der Waals surface area contributed by atoms with Gasteiger partial charge in [-0.2, -0.15) is 5.10 Å². The lowest BCUT2D eigenvalue weighted by Gasteiger charge is -2.24. The summed E-state index contributed by atoms with van der Waals surface area (Å²) in [5, 5.41) is 9.59. The van der Waals surface area contributed by atoms with Crippen LogP contribution in [-0.2, 0) is 14.3 Å². The van der Waals surface area contributed by atoms with Gasteiger partial charge in [0.1, 0.15) is 12.0 Å². The number of anilines is 1. The van der Waals surface area contributed by atoms with Crippen molar-refractivity contribution in [2.75, 3.05) is 25.0 Å². The lowest BCUT2D eigenvalue weighted by molar-refractivity contribution is -0.150. The van der Waals surface area contributed by atoms with Gasteiger partial charge in [0.15, 0.2) is 0 Å². The summed E-state index contributed by atoms with van der Waals surface area (Å²) in [5.74, 6) is -0.576. The van der Waals surface area contributed by atoms with E-state index >= 15 is 0 Å². The number of esters is 1. The van der Waals surface area contributed by atoms with E-state index in [2.05, 4.69) is 10.4 Å². The molecule has 146 valence electrons. The molecular weight excluding hydrogens is 378 g/mol. The zero-order valence-corrected chi connectivity index (χ0v) is 16.6. The van der Waals surface area contributed by atoms with Gasteiger partial charge in [-0.15, -0.1) is 0 Å². The number of hydrogen-bond donors (Lipinski definition) is 1. The highest BCUT2D eigenvalue weighted by Crippen LogP contribution is 2.33. The Morgan fingerprint density at radius 3 is 2.50 bits per heavy atom. The van der Waals surface area contributed by atoms with Crippen molar-refractivity contribution < 1.29 is 14.3 Å². The summed E-state index contributed by atoms with van der Waals surface area (Å²) < 4.78 is 5.28. The van der Waals surface area contributed by atoms with Crippen LogP contribution in [0.25, 0.3) is 0 Å². The number of benzene rings is 2. The second-order valence-corrected chi connectivity index (χ2v) is 7.18. The van der Waals surface area contributed by atoms with Crippen molar-refractivity contribution in [1.29, 1.82) is 0 Å². The van der Waals surface area contributed by atoms with Gasteiger partial charge in [-0.25, -0.2) is 0 Å². The first-order chi connectivity index (χ1) is 13.4. The first-order valence-corrected chi connectivity index (χ1v) is 9.42. The number of amides is 1. The monoisotopic (exact) mass is 399 g/mol. The summed E-state index contributed by atoms with van der Waals surface area (Å²) in [5.41, 5.74) is 1.07. The Balaban J connectivity index is 1.82. The summed E-state index contributed by atoms with van der Waals surface area (Å²) >= 11 is 5.98. The summed E-state index contributed by atoms with van der Waals surface area (Å²) in [6.07, 6.45) is 0. The molecule has 0 saturated carbocycles. The van der Waals surface area contributed by atoms with Crippen LogP contribution < -0.4 is 5.32 Å². The maximum atomic E-state index is 12.7. The van der Waals surface area contributed by atoms with Crippen molar-refractivity contribution in [2.24, 2.45) is 10.5 Å². The van der Waals surface area contributed by atoms with Crippen LogP contribution in [-0.4, -0.2) is 42.3 Å². The molecule has 1 aliphatic rings. The van der Waals surface area contributed by atoms with E-state index in [1.807, 2.05) is 42.5 Å². The number of carbonyl (C=O) groups excluding carboxylic acids is 2. The van der Waals surface area contributed by atoms with Crippen molar-refractivity contribution in [3.8, 4) is 0 Å². The number of nitrogens with zero attached hydrogens (tertiary/aromatic N) is 2. The van der Waals surface area contributed by atoms with E-state index in [9.17, 15) is 9.59 Å². The smallest absolute Gasteiger partial charge is 0.319 e. The number of ether oxygens (including phenoxy) is 1. The molecule has 7 heteroatoms. The van der Waals surface area contributed by atoms with Crippen LogP contribution >= 0.6 is 11.6 Å². The molecule has 1 N–H and O–H groups in total. The number of hydrazone groups is 1. The average Bonchev–Trinajstić information content (AvgIpc) is 3.00. The predicted octanol–water partition coefficient (Wildman–Crippen LogP) is 3.57. The van der Waals surface area contributed by atoms with Crippen molar-refractivity contribution in [1.82, 2.24) is 5.01 Å². The molecule has 0 aliphatic carbocycles. The Bertz CT molecular complexity index is 884. The zero-order valence-electron chi connectivity index (χ0n) is 15.8. The number of rotatable bonds is 6. The first-order valence-electron chi connectivity index (χ1n) is 9.04. The molecule has 1 atom stereocenters. The fourth-order valence-electron chi connectivity index (χ4n) is 3.14. The highest BCUT2D eigenvalue weighted by molar-refractivity contribution is 6.30. The van der Waals surface area contributed by atoms with Crippen LogP contribution in [0.4, 0.5) is 5.69 Å². The van der Waals surface area contributed by atoms with E-state index in [0.29, 0.717) is 16.4 Å². The lowest BCUT2D eigenvalue weighted by atomic mass is 9.82. The highest BCUT2D eigenvalue weighted by Gasteiger charge is 2.47. The number of carbonyl (C=O) groups is 2. The van der Waals surface area contributed by atoms with Gasteiger partial charge in [0.05, 0.1) is 18.9 Å². The molecule has 1 aliphatic heterocycles. The molecule has 0 fully saturated rings. The summed E-state index contributed by atoms with van der Waals surface area (Å²) in [6, 6.07) is 16.3. The molecule has 3 rings (SSSR count). The third kappa shape index (κ3) is 4.34. The summed E-state index contributed by atoms with van der Waals surface area (Å²) in [7, 11) is 0. The quantitative estimate of drug-likeness (QED) is 0.754. The fraction of sp³-hybridized carbons (Fsp3) is 0.286. The molecule has 0 radical (unpaired) electrons. The standard InChI is InChI=1S/C21H22ClN3O3/c1-3-28-20(27)21(2)14-25(13-18(26)23-17-7-5-4-6-8-17)24-19(21)15-9-11-16(22)12-10-15/h4-12H,3,13-14H2,1-2H3,(H,23,26). The van der Waals surface area contributed by atoms with Gasteiger partial charge in [-0.1, -0.05) is 41.9 Å². The van der Waals surface area contributed by atoms with E-state index < -0.39 is 5.41 Å². The third-order valence-electron chi connectivity index (χ3n) is 4.49. The Labute approximate surface area is 169 Å². The largest absolute Gasteiger partial charge is 0.465 e. The van der Waals surface area contributed by atoms with Gasteiger partial charge in [0.2, 0.25) is 5.91 Å². The number of para-hydroxylation sites is 1. The molecule has 28 heavy (non-hydrogen) atoms. The van der Waals surface area contributed by atoms with E-state index in [4.69, 9.17) is 16.3 Å². The van der Waals surface area contributed by atoms with Gasteiger partial charge in [-0.3, -0.25) is 14.6 Å². The van der Waals surface area contributed by atoms with Gasteiger partial charge in [0.25, 0.3) is 0 Å². The lowest BCUT2D eigenvalue weighted by Crippen LogP contribution is -2.41. The molecule has 1 unspecified atom stereocenters. The van der Waals surface area contributed by atoms with Gasteiger partial charge < -0.3 is 10.1 Å². The molecule has 0 saturated heterocycles. The molecule has 1 heterocycles. The maximum absolute atomic E-state index is 12.7. The normalized spacial score (nSPS) is 18.5. The Morgan fingerprint density at radius 2 is 1.86 bits per heavy atom. The van der Waals surface area contributed by atoms with Gasteiger partial charge >= 0.3 is 5.97 Å². The minimum absolute atomic E-state index is 0.0287. The summed E-state index contributed by atoms with van der Waals surface area (Å²) in [6.45, 7) is 4.11. The van der Waals surface area contributed by atoms with Crippen molar-refractivity contribution in [2.45, 2.75) is 13.8 Å². The van der Waals surface area contributed by atoms with Crippen molar-refractivity contribution in [3.63, 3.8) is 0 Å². The van der Waals surface area contributed by atoms with Crippen LogP contribution in [0.5, 0.6) is 0 Å². The van der Waals surface area contributed by atoms with E-state index in [0.717, 1.165) is 5.56 Å². The first kappa shape index (κ1) is 19.9. The SMILES string of the molecule is CCOC(=O)C1(C)CN(CC(=O)Nc2ccccc2)N=C1c1ccc(Cl)cc1. The fourth-order valence-corrected chi connectivity index (χ4v) is 3.27. The molecule has 1 amide bonds. The third-order valence-corrected chi connectivity index (χ3v) is 4.74. The van der Waals surface area contributed by atoms with Gasteiger partial charge in [0, 0.05) is 10.7 Å². The highest BCUT2D eigenvalue weighted by atomic mass is 35.5. The van der Waals surface area contributed by atoms with E-state index in [-0.39, 0.29) is 31.6 Å². The topological polar surface area (TPSA) is 71.0 Å². The van der Waals surface area contributed by atoms with Crippen LogP contribution in [0.2, 0.25) is 5.02 Å². The van der Waals surface area contributed by atoms with E-state index in [1.54, 1.807) is 31.0 Å². The minimum Gasteiger partial charge on any atom is -0.465 e. The van der Waals surface area contributed by atoms with Crippen LogP contribution in [0.3, 0.4) is 0 Å². The molecule has 2 aromatic rings. The molecule has 0 bridgehead atoms. The molecule has 6 nitrogen and oxygen atoms in total. The van der Waals surface area contributed by atoms with Crippen LogP contribution in [0, 0.1) is 5.41 Å². The predicted molar refractivity (Wildman–Crippen MR) is 109 cm³/mol. The molecule has 2 aromatic carbocycles. The number of hydrogen-bond acceptors (Lipinski definition) is 5. The Kier molecular flexibility index (Phi) is 5.99. The van der Waals surface area contributed by atoms with Crippen molar-refractivity contribution >= 4 is 34.9 Å². The number of halogens is 1. The molecule has 0 spiro atoms. The van der Waals surface area contributed by atoms with Crippen LogP contribution in [0.1, 0.15) is 19.4 Å². The maximum Gasteiger partial charge on any atom is 0.319 e. The minimum atomic E-state index is -0.975. The Morgan fingerprint density at radius 1 is 1.18 bits per heavy atom. The van der Waals surface area contributed by atoms with Gasteiger partial charge in [-0.05, 0) is 43.7 Å². The second kappa shape index (κ2) is 8.44. The zero-order chi connectivity index (χ0) is 20.1. The molecule has 0 aromatic heterocycles. The summed E-state index contributed by atoms with van der Waals surface area (Å²) in [4.78, 5) is 25.1. The van der Waals surface area contributed by atoms with Crippen molar-refractivity contribution in [3.05, 3.63) is 65.2 Å². The van der Waals surface area contributed by atoms with E-state index in [1.165, 1.54) is 0 Å². The second-order valence-electron chi connectivity index (χ2n) is 6.74. The number of nitrogens with one attached hydrogen (secondary N) is 1. The Hall–Kier alpha value is -2.86. The van der Waals surface area contributed by atoms with Crippen LogP contribution in [0.15, 0.2) is 59.7 Å².